The monoisotopic (exact) mass is 406 g/mol. The lowest BCUT2D eigenvalue weighted by Crippen LogP contribution is -2.38. The Bertz CT molecular complexity index is 1150. The molecule has 30 heavy (non-hydrogen) atoms. The first kappa shape index (κ1) is 20.1. The maximum absolute atomic E-state index is 12.5. The van der Waals surface area contributed by atoms with Crippen LogP contribution in [-0.4, -0.2) is 39.5 Å². The lowest BCUT2D eigenvalue weighted by molar-refractivity contribution is -0.121. The van der Waals surface area contributed by atoms with Crippen molar-refractivity contribution < 1.29 is 4.79 Å². The third-order valence-corrected chi connectivity index (χ3v) is 5.88. The number of benzene rings is 2. The number of amides is 1. The van der Waals surface area contributed by atoms with Gasteiger partial charge in [-0.3, -0.25) is 24.0 Å². The second kappa shape index (κ2) is 8.67. The molecule has 0 unspecified atom stereocenters. The third-order valence-electron chi connectivity index (χ3n) is 5.88. The number of aromatic nitrogens is 2. The van der Waals surface area contributed by atoms with Gasteiger partial charge in [0.25, 0.3) is 5.56 Å². The van der Waals surface area contributed by atoms with Gasteiger partial charge in [0.1, 0.15) is 0 Å². The number of carbonyl (C=O) groups is 1. The van der Waals surface area contributed by atoms with Gasteiger partial charge in [0.2, 0.25) is 5.91 Å². The molecule has 1 saturated heterocycles. The Morgan fingerprint density at radius 1 is 1.13 bits per heavy atom. The maximum atomic E-state index is 12.5. The number of para-hydroxylation sites is 1. The quantitative estimate of drug-likeness (QED) is 0.656. The van der Waals surface area contributed by atoms with E-state index in [1.165, 1.54) is 10.1 Å². The van der Waals surface area contributed by atoms with Gasteiger partial charge in [-0.25, -0.2) is 4.79 Å². The maximum Gasteiger partial charge on any atom is 0.328 e. The van der Waals surface area contributed by atoms with Crippen molar-refractivity contribution in [3.05, 3.63) is 81.0 Å². The Labute approximate surface area is 174 Å². The number of nitrogens with zero attached hydrogens (tertiary/aromatic N) is 2. The number of likely N-dealkylation sites (tertiary alicyclic amines) is 1. The van der Waals surface area contributed by atoms with Crippen LogP contribution in [0.25, 0.3) is 10.9 Å². The van der Waals surface area contributed by atoms with Crippen LogP contribution < -0.4 is 16.6 Å². The van der Waals surface area contributed by atoms with Crippen LogP contribution in [0.3, 0.4) is 0 Å². The fraction of sp³-hybridized carbons (Fsp3) is 0.348. The zero-order chi connectivity index (χ0) is 21.1. The highest BCUT2D eigenvalue weighted by atomic mass is 16.2. The smallest absolute Gasteiger partial charge is 0.328 e. The predicted octanol–water partition coefficient (Wildman–Crippen LogP) is 2.03. The Kier molecular flexibility index (Phi) is 5.81. The number of hydrogen-bond acceptors (Lipinski definition) is 4. The van der Waals surface area contributed by atoms with Crippen molar-refractivity contribution in [1.82, 2.24) is 19.8 Å². The molecule has 0 spiro atoms. The number of fused-ring (bicyclic) bond motifs is 1. The number of carbonyl (C=O) groups excluding carboxylic acids is 1. The number of aromatic amines is 1. The summed E-state index contributed by atoms with van der Waals surface area (Å²) in [5, 5.41) is 3.54. The summed E-state index contributed by atoms with van der Waals surface area (Å²) in [5.41, 5.74) is 0.918. The van der Waals surface area contributed by atoms with Crippen LogP contribution in [-0.2, 0) is 11.3 Å². The zero-order valence-corrected chi connectivity index (χ0v) is 17.0. The molecule has 2 N–H and O–H groups in total. The minimum absolute atomic E-state index is 0.0867. The van der Waals surface area contributed by atoms with Crippen molar-refractivity contribution >= 4 is 16.8 Å². The minimum atomic E-state index is -0.491. The number of hydrogen-bond donors (Lipinski definition) is 2. The van der Waals surface area contributed by atoms with Gasteiger partial charge >= 0.3 is 5.69 Å². The summed E-state index contributed by atoms with van der Waals surface area (Å²) < 4.78 is 1.45. The highest BCUT2D eigenvalue weighted by Gasteiger charge is 2.27. The molecule has 0 aliphatic carbocycles. The Morgan fingerprint density at radius 2 is 1.87 bits per heavy atom. The SMILES string of the molecule is C[C@@H](c1ccccc1)N1CC[C@H](NC(=O)CCn2c(=O)[nH]c(=O)c3ccccc32)C1. The van der Waals surface area contributed by atoms with Crippen molar-refractivity contribution in [1.29, 1.82) is 0 Å². The first-order valence-electron chi connectivity index (χ1n) is 10.3. The van der Waals surface area contributed by atoms with Crippen molar-refractivity contribution in [3.8, 4) is 0 Å². The standard InChI is InChI=1S/C23H26N4O3/c1-16(17-7-3-2-4-8-17)26-13-11-18(15-26)24-21(28)12-14-27-20-10-6-5-9-19(20)22(29)25-23(27)30/h2-10,16,18H,11-15H2,1H3,(H,24,28)(H,25,29,30)/t16-,18-/m0/s1. The average molecular weight is 406 g/mol. The largest absolute Gasteiger partial charge is 0.352 e. The molecule has 7 nitrogen and oxygen atoms in total. The van der Waals surface area contributed by atoms with Crippen LogP contribution in [0, 0.1) is 0 Å². The molecule has 0 radical (unpaired) electrons. The Hall–Kier alpha value is -3.19. The fourth-order valence-electron chi connectivity index (χ4n) is 4.18. The number of H-pyrrole nitrogens is 1. The van der Waals surface area contributed by atoms with Crippen LogP contribution in [0.2, 0.25) is 0 Å². The molecule has 3 aromatic rings. The van der Waals surface area contributed by atoms with Crippen molar-refractivity contribution in [2.45, 2.75) is 38.4 Å². The third kappa shape index (κ3) is 4.21. The van der Waals surface area contributed by atoms with Gasteiger partial charge in [0.05, 0.1) is 10.9 Å². The van der Waals surface area contributed by atoms with E-state index in [4.69, 9.17) is 0 Å². The molecule has 1 aliphatic rings. The highest BCUT2D eigenvalue weighted by molar-refractivity contribution is 5.79. The summed E-state index contributed by atoms with van der Waals surface area (Å²) in [6.07, 6.45) is 1.09. The Balaban J connectivity index is 1.36. The topological polar surface area (TPSA) is 87.2 Å². The van der Waals surface area contributed by atoms with Gasteiger partial charge in [-0.05, 0) is 31.0 Å². The Morgan fingerprint density at radius 3 is 2.67 bits per heavy atom. The molecule has 2 heterocycles. The van der Waals surface area contributed by atoms with Gasteiger partial charge < -0.3 is 5.32 Å². The van der Waals surface area contributed by atoms with Crippen molar-refractivity contribution in [2.24, 2.45) is 0 Å². The number of rotatable bonds is 6. The van der Waals surface area contributed by atoms with Crippen molar-refractivity contribution in [3.63, 3.8) is 0 Å². The average Bonchev–Trinajstić information content (AvgIpc) is 3.22. The summed E-state index contributed by atoms with van der Waals surface area (Å²) in [4.78, 5) is 41.4. The molecule has 1 fully saturated rings. The molecule has 0 bridgehead atoms. The van der Waals surface area contributed by atoms with Gasteiger partial charge in [-0.15, -0.1) is 0 Å². The van der Waals surface area contributed by atoms with Gasteiger partial charge in [0, 0.05) is 38.1 Å². The molecule has 2 atom stereocenters. The van der Waals surface area contributed by atoms with E-state index in [9.17, 15) is 14.4 Å². The van der Waals surface area contributed by atoms with E-state index in [0.717, 1.165) is 19.5 Å². The molecule has 2 aromatic carbocycles. The lowest BCUT2D eigenvalue weighted by Gasteiger charge is -2.24. The van der Waals surface area contributed by atoms with Crippen molar-refractivity contribution in [2.75, 3.05) is 13.1 Å². The highest BCUT2D eigenvalue weighted by Crippen LogP contribution is 2.24. The molecule has 1 aliphatic heterocycles. The lowest BCUT2D eigenvalue weighted by atomic mass is 10.1. The molecule has 0 saturated carbocycles. The molecular formula is C23H26N4O3. The van der Waals surface area contributed by atoms with Crippen LogP contribution in [0.1, 0.15) is 31.4 Å². The summed E-state index contributed by atoms with van der Waals surface area (Å²) >= 11 is 0. The van der Waals surface area contributed by atoms with E-state index in [1.807, 2.05) is 18.2 Å². The summed E-state index contributed by atoms with van der Waals surface area (Å²) in [7, 11) is 0. The molecule has 7 heteroatoms. The molecular weight excluding hydrogens is 380 g/mol. The zero-order valence-electron chi connectivity index (χ0n) is 17.0. The summed E-state index contributed by atoms with van der Waals surface area (Å²) in [5.74, 6) is -0.0867. The fourth-order valence-corrected chi connectivity index (χ4v) is 4.18. The second-order valence-electron chi connectivity index (χ2n) is 7.81. The molecule has 1 amide bonds. The number of nitrogens with one attached hydrogen (secondary N) is 2. The van der Waals surface area contributed by atoms with E-state index >= 15 is 0 Å². The van der Waals surface area contributed by atoms with Crippen LogP contribution in [0.15, 0.2) is 64.2 Å². The molecule has 4 rings (SSSR count). The van der Waals surface area contributed by atoms with E-state index in [0.29, 0.717) is 16.9 Å². The second-order valence-corrected chi connectivity index (χ2v) is 7.81. The van der Waals surface area contributed by atoms with E-state index in [2.05, 4.69) is 34.3 Å². The molecule has 1 aromatic heterocycles. The number of aryl methyl sites for hydroxylation is 1. The first-order valence-corrected chi connectivity index (χ1v) is 10.3. The van der Waals surface area contributed by atoms with Crippen LogP contribution in [0.5, 0.6) is 0 Å². The first-order chi connectivity index (χ1) is 14.5. The van der Waals surface area contributed by atoms with Gasteiger partial charge in [-0.1, -0.05) is 42.5 Å². The summed E-state index contributed by atoms with van der Waals surface area (Å²) in [6.45, 7) is 4.15. The van der Waals surface area contributed by atoms with E-state index in [-0.39, 0.29) is 24.9 Å². The van der Waals surface area contributed by atoms with Gasteiger partial charge in [-0.2, -0.15) is 0 Å². The van der Waals surface area contributed by atoms with Crippen LogP contribution in [0.4, 0.5) is 0 Å². The summed E-state index contributed by atoms with van der Waals surface area (Å²) in [6, 6.07) is 17.7. The predicted molar refractivity (Wildman–Crippen MR) is 116 cm³/mol. The van der Waals surface area contributed by atoms with Crippen LogP contribution >= 0.6 is 0 Å². The van der Waals surface area contributed by atoms with Gasteiger partial charge in [0.15, 0.2) is 0 Å². The minimum Gasteiger partial charge on any atom is -0.352 e. The van der Waals surface area contributed by atoms with E-state index in [1.54, 1.807) is 24.3 Å². The molecule has 156 valence electrons. The normalized spacial score (nSPS) is 17.8. The van der Waals surface area contributed by atoms with E-state index < -0.39 is 11.2 Å².